The van der Waals surface area contributed by atoms with Crippen LogP contribution in [0.4, 0.5) is 0 Å². The van der Waals surface area contributed by atoms with E-state index in [0.29, 0.717) is 23.0 Å². The molecule has 2 amide bonds. The molecule has 0 saturated heterocycles. The molecule has 0 aliphatic rings. The highest BCUT2D eigenvalue weighted by atomic mass is 35.5. The number of nitrogens with one attached hydrogen (secondary N) is 1. The van der Waals surface area contributed by atoms with E-state index in [1.165, 1.54) is 0 Å². The largest absolute Gasteiger partial charge is 0.355 e. The molecule has 0 spiro atoms. The summed E-state index contributed by atoms with van der Waals surface area (Å²) < 4.78 is 0. The van der Waals surface area contributed by atoms with Gasteiger partial charge < -0.3 is 10.2 Å². The van der Waals surface area contributed by atoms with E-state index in [9.17, 15) is 9.59 Å². The molecule has 3 aromatic carbocycles. The molecule has 0 aliphatic carbocycles. The minimum atomic E-state index is -0.589. The Bertz CT molecular complexity index is 1050. The van der Waals surface area contributed by atoms with Crippen molar-refractivity contribution >= 4 is 35.0 Å². The van der Waals surface area contributed by atoms with Crippen molar-refractivity contribution in [1.29, 1.82) is 0 Å². The lowest BCUT2D eigenvalue weighted by Gasteiger charge is -2.32. The summed E-state index contributed by atoms with van der Waals surface area (Å²) in [4.78, 5) is 28.4. The van der Waals surface area contributed by atoms with Gasteiger partial charge in [0.15, 0.2) is 0 Å². The van der Waals surface area contributed by atoms with Crippen molar-refractivity contribution in [2.75, 3.05) is 6.54 Å². The smallest absolute Gasteiger partial charge is 0.242 e. The van der Waals surface area contributed by atoms with Gasteiger partial charge in [-0.1, -0.05) is 96.9 Å². The quantitative estimate of drug-likeness (QED) is 0.350. The number of carbonyl (C=O) groups excluding carboxylic acids is 2. The van der Waals surface area contributed by atoms with E-state index in [1.807, 2.05) is 80.6 Å². The highest BCUT2D eigenvalue weighted by molar-refractivity contribution is 6.42. The van der Waals surface area contributed by atoms with Gasteiger partial charge in [0, 0.05) is 25.4 Å². The Morgan fingerprint density at radius 1 is 0.853 bits per heavy atom. The van der Waals surface area contributed by atoms with E-state index in [0.717, 1.165) is 16.7 Å². The first kappa shape index (κ1) is 25.8. The van der Waals surface area contributed by atoms with E-state index in [-0.39, 0.29) is 30.7 Å². The summed E-state index contributed by atoms with van der Waals surface area (Å²) in [6, 6.07) is 24.7. The summed E-state index contributed by atoms with van der Waals surface area (Å²) >= 11 is 12.3. The second-order valence-electron chi connectivity index (χ2n) is 8.17. The van der Waals surface area contributed by atoms with Crippen LogP contribution in [0.1, 0.15) is 49.3 Å². The van der Waals surface area contributed by atoms with Crippen molar-refractivity contribution in [3.05, 3.63) is 106 Å². The van der Waals surface area contributed by atoms with Crippen molar-refractivity contribution in [2.45, 2.75) is 45.2 Å². The molecule has 3 rings (SSSR count). The standard InChI is InChI=1S/C28H30Cl2N2O2/c1-3-26(28(34)31-4-2)32(19-20-15-16-24(29)25(30)17-20)27(33)18-23(21-11-7-5-8-12-21)22-13-9-6-10-14-22/h5-17,23,26H,3-4,18-19H2,1-2H3,(H,31,34). The topological polar surface area (TPSA) is 49.4 Å². The maximum absolute atomic E-state index is 13.9. The highest BCUT2D eigenvalue weighted by Gasteiger charge is 2.30. The summed E-state index contributed by atoms with van der Waals surface area (Å²) in [5.74, 6) is -0.380. The van der Waals surface area contributed by atoms with E-state index >= 15 is 0 Å². The fourth-order valence-electron chi connectivity index (χ4n) is 4.14. The van der Waals surface area contributed by atoms with E-state index in [1.54, 1.807) is 17.0 Å². The van der Waals surface area contributed by atoms with Gasteiger partial charge in [0.1, 0.15) is 6.04 Å². The van der Waals surface area contributed by atoms with Crippen LogP contribution in [0.15, 0.2) is 78.9 Å². The van der Waals surface area contributed by atoms with Crippen molar-refractivity contribution < 1.29 is 9.59 Å². The van der Waals surface area contributed by atoms with E-state index in [4.69, 9.17) is 23.2 Å². The molecule has 3 aromatic rings. The molecule has 0 radical (unpaired) electrons. The van der Waals surface area contributed by atoms with Crippen LogP contribution in [0.25, 0.3) is 0 Å². The first-order valence-electron chi connectivity index (χ1n) is 11.6. The predicted molar refractivity (Wildman–Crippen MR) is 139 cm³/mol. The average molecular weight is 497 g/mol. The van der Waals surface area contributed by atoms with Gasteiger partial charge in [0.25, 0.3) is 0 Å². The number of amides is 2. The lowest BCUT2D eigenvalue weighted by molar-refractivity contribution is -0.141. The minimum absolute atomic E-state index is 0.0955. The number of likely N-dealkylation sites (N-methyl/N-ethyl adjacent to an activating group) is 1. The molecule has 0 aromatic heterocycles. The number of nitrogens with zero attached hydrogens (tertiary/aromatic N) is 1. The van der Waals surface area contributed by atoms with E-state index in [2.05, 4.69) is 5.32 Å². The van der Waals surface area contributed by atoms with Crippen LogP contribution in [0.3, 0.4) is 0 Å². The van der Waals surface area contributed by atoms with Crippen LogP contribution in [0.2, 0.25) is 10.0 Å². The summed E-state index contributed by atoms with van der Waals surface area (Å²) in [6.07, 6.45) is 0.742. The molecule has 1 N–H and O–H groups in total. The molecule has 1 unspecified atom stereocenters. The Labute approximate surface area is 211 Å². The number of hydrogen-bond donors (Lipinski definition) is 1. The van der Waals surface area contributed by atoms with Gasteiger partial charge in [-0.25, -0.2) is 0 Å². The van der Waals surface area contributed by atoms with Crippen LogP contribution in [0.5, 0.6) is 0 Å². The third kappa shape index (κ3) is 6.62. The monoisotopic (exact) mass is 496 g/mol. The predicted octanol–water partition coefficient (Wildman–Crippen LogP) is 6.46. The van der Waals surface area contributed by atoms with Crippen molar-refractivity contribution in [3.8, 4) is 0 Å². The van der Waals surface area contributed by atoms with Gasteiger partial charge in [-0.05, 0) is 42.2 Å². The van der Waals surface area contributed by atoms with Gasteiger partial charge in [-0.3, -0.25) is 9.59 Å². The molecule has 178 valence electrons. The zero-order valence-electron chi connectivity index (χ0n) is 19.5. The summed E-state index contributed by atoms with van der Waals surface area (Å²) in [7, 11) is 0. The fraction of sp³-hybridized carbons (Fsp3) is 0.286. The second kappa shape index (κ2) is 12.6. The average Bonchev–Trinajstić information content (AvgIpc) is 2.85. The molecular weight excluding hydrogens is 467 g/mol. The van der Waals surface area contributed by atoms with Crippen molar-refractivity contribution in [3.63, 3.8) is 0 Å². The molecule has 6 heteroatoms. The number of rotatable bonds is 10. The maximum atomic E-state index is 13.9. The summed E-state index contributed by atoms with van der Waals surface area (Å²) in [5, 5.41) is 3.75. The zero-order chi connectivity index (χ0) is 24.5. The molecule has 1 atom stereocenters. The third-order valence-electron chi connectivity index (χ3n) is 5.86. The van der Waals surface area contributed by atoms with Crippen molar-refractivity contribution in [1.82, 2.24) is 10.2 Å². The zero-order valence-corrected chi connectivity index (χ0v) is 21.0. The highest BCUT2D eigenvalue weighted by Crippen LogP contribution is 2.30. The van der Waals surface area contributed by atoms with E-state index < -0.39 is 6.04 Å². The summed E-state index contributed by atoms with van der Waals surface area (Å²) in [5.41, 5.74) is 2.94. The number of benzene rings is 3. The van der Waals surface area contributed by atoms with Gasteiger partial charge >= 0.3 is 0 Å². The first-order chi connectivity index (χ1) is 16.4. The van der Waals surface area contributed by atoms with Crippen LogP contribution >= 0.6 is 23.2 Å². The molecular formula is C28H30Cl2N2O2. The normalized spacial score (nSPS) is 11.8. The Morgan fingerprint density at radius 3 is 1.94 bits per heavy atom. The number of halogens is 2. The molecule has 0 fully saturated rings. The van der Waals surface area contributed by atoms with Crippen LogP contribution in [-0.4, -0.2) is 29.3 Å². The van der Waals surface area contributed by atoms with Crippen molar-refractivity contribution in [2.24, 2.45) is 0 Å². The molecule has 4 nitrogen and oxygen atoms in total. The van der Waals surface area contributed by atoms with Gasteiger partial charge in [-0.2, -0.15) is 0 Å². The maximum Gasteiger partial charge on any atom is 0.242 e. The summed E-state index contributed by atoms with van der Waals surface area (Å²) in [6.45, 7) is 4.56. The Kier molecular flexibility index (Phi) is 9.55. The minimum Gasteiger partial charge on any atom is -0.355 e. The lowest BCUT2D eigenvalue weighted by Crippen LogP contribution is -2.49. The molecule has 0 bridgehead atoms. The van der Waals surface area contributed by atoms with Crippen LogP contribution in [0, 0.1) is 0 Å². The molecule has 0 heterocycles. The van der Waals surface area contributed by atoms with Gasteiger partial charge in [-0.15, -0.1) is 0 Å². The third-order valence-corrected chi connectivity index (χ3v) is 6.60. The van der Waals surface area contributed by atoms with Gasteiger partial charge in [0.05, 0.1) is 10.0 Å². The Balaban J connectivity index is 1.96. The number of hydrogen-bond acceptors (Lipinski definition) is 2. The SMILES string of the molecule is CCNC(=O)C(CC)N(Cc1ccc(Cl)c(Cl)c1)C(=O)CC(c1ccccc1)c1ccccc1. The van der Waals surface area contributed by atoms with Gasteiger partial charge in [0.2, 0.25) is 11.8 Å². The Hall–Kier alpha value is -2.82. The molecule has 0 aliphatic heterocycles. The molecule has 0 saturated carbocycles. The lowest BCUT2D eigenvalue weighted by atomic mass is 9.88. The molecule has 34 heavy (non-hydrogen) atoms. The first-order valence-corrected chi connectivity index (χ1v) is 12.3. The Morgan fingerprint density at radius 2 is 1.44 bits per heavy atom. The van der Waals surface area contributed by atoms with Crippen LogP contribution in [-0.2, 0) is 16.1 Å². The fourth-order valence-corrected chi connectivity index (χ4v) is 4.46. The van der Waals surface area contributed by atoms with Crippen LogP contribution < -0.4 is 5.32 Å². The second-order valence-corrected chi connectivity index (χ2v) is 8.98. The number of carbonyl (C=O) groups is 2.